The normalized spacial score (nSPS) is 11.3. The van der Waals surface area contributed by atoms with Crippen LogP contribution in [0.4, 0.5) is 13.2 Å². The maximum absolute atomic E-state index is 12.3. The third kappa shape index (κ3) is 4.10. The summed E-state index contributed by atoms with van der Waals surface area (Å²) in [7, 11) is 0. The topological polar surface area (TPSA) is 65.2 Å². The first kappa shape index (κ1) is 13.6. The number of rotatable bonds is 4. The van der Waals surface area contributed by atoms with Gasteiger partial charge >= 0.3 is 6.18 Å². The Bertz CT molecular complexity index is 423. The summed E-state index contributed by atoms with van der Waals surface area (Å²) < 4.78 is 41.7. The zero-order valence-corrected chi connectivity index (χ0v) is 9.18. The highest BCUT2D eigenvalue weighted by Crippen LogP contribution is 2.32. The number of hydrogen-bond donors (Lipinski definition) is 1. The molecular formula is C9H8ClF3N2O2. The Balaban J connectivity index is 2.73. The van der Waals surface area contributed by atoms with Crippen molar-refractivity contribution >= 4 is 17.5 Å². The number of pyridine rings is 1. The van der Waals surface area contributed by atoms with Gasteiger partial charge in [-0.25, -0.2) is 4.98 Å². The Morgan fingerprint density at radius 2 is 2.18 bits per heavy atom. The second-order valence-electron chi connectivity index (χ2n) is 3.07. The molecule has 1 amide bonds. The average Bonchev–Trinajstić information content (AvgIpc) is 2.18. The van der Waals surface area contributed by atoms with Crippen LogP contribution in [0.5, 0.6) is 5.88 Å². The molecule has 4 nitrogen and oxygen atoms in total. The highest BCUT2D eigenvalue weighted by Gasteiger charge is 2.31. The van der Waals surface area contributed by atoms with E-state index in [1.165, 1.54) is 0 Å². The lowest BCUT2D eigenvalue weighted by Gasteiger charge is -2.09. The van der Waals surface area contributed by atoms with E-state index in [4.69, 9.17) is 22.1 Å². The second-order valence-corrected chi connectivity index (χ2v) is 3.48. The van der Waals surface area contributed by atoms with Crippen LogP contribution in [0.3, 0.4) is 0 Å². The van der Waals surface area contributed by atoms with Gasteiger partial charge in [-0.3, -0.25) is 4.79 Å². The summed E-state index contributed by atoms with van der Waals surface area (Å²) in [6.07, 6.45) is -3.98. The number of amides is 1. The van der Waals surface area contributed by atoms with Crippen molar-refractivity contribution in [3.8, 4) is 5.88 Å². The van der Waals surface area contributed by atoms with E-state index in [-0.39, 0.29) is 23.9 Å². The van der Waals surface area contributed by atoms with Gasteiger partial charge < -0.3 is 10.5 Å². The van der Waals surface area contributed by atoms with Gasteiger partial charge in [0.2, 0.25) is 11.8 Å². The number of hydrogen-bond acceptors (Lipinski definition) is 3. The number of carbonyl (C=O) groups is 1. The van der Waals surface area contributed by atoms with Crippen molar-refractivity contribution in [1.82, 2.24) is 4.98 Å². The monoisotopic (exact) mass is 268 g/mol. The molecule has 17 heavy (non-hydrogen) atoms. The molecule has 0 aliphatic heterocycles. The lowest BCUT2D eigenvalue weighted by molar-refractivity contribution is -0.137. The van der Waals surface area contributed by atoms with E-state index in [0.717, 1.165) is 0 Å². The van der Waals surface area contributed by atoms with Gasteiger partial charge in [-0.2, -0.15) is 13.2 Å². The van der Waals surface area contributed by atoms with E-state index in [0.29, 0.717) is 12.3 Å². The summed E-state index contributed by atoms with van der Waals surface area (Å²) in [6.45, 7) is -0.0899. The molecular weight excluding hydrogens is 261 g/mol. The van der Waals surface area contributed by atoms with Crippen LogP contribution in [0.2, 0.25) is 5.02 Å². The number of halogens is 4. The van der Waals surface area contributed by atoms with E-state index < -0.39 is 17.6 Å². The first-order valence-corrected chi connectivity index (χ1v) is 4.82. The first-order valence-electron chi connectivity index (χ1n) is 4.44. The Hall–Kier alpha value is -1.50. The number of nitrogens with zero attached hydrogens (tertiary/aromatic N) is 1. The van der Waals surface area contributed by atoms with E-state index >= 15 is 0 Å². The van der Waals surface area contributed by atoms with Crippen molar-refractivity contribution in [2.24, 2.45) is 5.73 Å². The minimum Gasteiger partial charge on any atom is -0.476 e. The largest absolute Gasteiger partial charge is 0.476 e. The van der Waals surface area contributed by atoms with E-state index in [9.17, 15) is 18.0 Å². The Morgan fingerprint density at radius 1 is 1.53 bits per heavy atom. The van der Waals surface area contributed by atoms with Crippen LogP contribution in [0.1, 0.15) is 12.0 Å². The maximum Gasteiger partial charge on any atom is 0.417 e. The van der Waals surface area contributed by atoms with Gasteiger partial charge in [0.05, 0.1) is 18.6 Å². The number of alkyl halides is 3. The molecule has 1 heterocycles. The van der Waals surface area contributed by atoms with Crippen LogP contribution in [-0.2, 0) is 11.0 Å². The van der Waals surface area contributed by atoms with Gasteiger partial charge in [0.15, 0.2) is 0 Å². The van der Waals surface area contributed by atoms with Gasteiger partial charge in [0.1, 0.15) is 5.02 Å². The van der Waals surface area contributed by atoms with Crippen molar-refractivity contribution in [2.45, 2.75) is 12.6 Å². The summed E-state index contributed by atoms with van der Waals surface area (Å²) in [5.41, 5.74) is 3.89. The highest BCUT2D eigenvalue weighted by atomic mass is 35.5. The maximum atomic E-state index is 12.3. The lowest BCUT2D eigenvalue weighted by Crippen LogP contribution is -2.15. The molecule has 8 heteroatoms. The van der Waals surface area contributed by atoms with E-state index in [2.05, 4.69) is 4.98 Å². The van der Waals surface area contributed by atoms with Gasteiger partial charge in [0.25, 0.3) is 0 Å². The van der Waals surface area contributed by atoms with Crippen LogP contribution in [0, 0.1) is 0 Å². The number of nitrogens with two attached hydrogens (primary N) is 1. The van der Waals surface area contributed by atoms with Crippen molar-refractivity contribution in [2.75, 3.05) is 6.61 Å². The zero-order chi connectivity index (χ0) is 13.1. The van der Waals surface area contributed by atoms with Gasteiger partial charge in [-0.15, -0.1) is 0 Å². The first-order chi connectivity index (χ1) is 7.80. The quantitative estimate of drug-likeness (QED) is 0.908. The Labute approximate surface area is 99.5 Å². The molecule has 0 unspecified atom stereocenters. The smallest absolute Gasteiger partial charge is 0.417 e. The fourth-order valence-electron chi connectivity index (χ4n) is 0.935. The van der Waals surface area contributed by atoms with E-state index in [1.54, 1.807) is 0 Å². The molecule has 0 aliphatic rings. The zero-order valence-electron chi connectivity index (χ0n) is 8.42. The molecule has 0 aromatic carbocycles. The molecule has 2 N–H and O–H groups in total. The van der Waals surface area contributed by atoms with Crippen molar-refractivity contribution in [3.63, 3.8) is 0 Å². The van der Waals surface area contributed by atoms with Crippen LogP contribution in [0.15, 0.2) is 12.3 Å². The molecule has 0 saturated heterocycles. The molecule has 0 spiro atoms. The third-order valence-electron chi connectivity index (χ3n) is 1.72. The molecule has 1 aromatic heterocycles. The predicted molar refractivity (Wildman–Crippen MR) is 53.6 cm³/mol. The fourth-order valence-corrected chi connectivity index (χ4v) is 1.16. The molecule has 0 fully saturated rings. The molecule has 0 atom stereocenters. The molecule has 1 rings (SSSR count). The molecule has 0 radical (unpaired) electrons. The summed E-state index contributed by atoms with van der Waals surface area (Å²) in [4.78, 5) is 13.8. The summed E-state index contributed by atoms with van der Waals surface area (Å²) in [5, 5.41) is -0.274. The second kappa shape index (κ2) is 5.22. The number of aromatic nitrogens is 1. The van der Waals surface area contributed by atoms with Crippen LogP contribution < -0.4 is 10.5 Å². The number of carbonyl (C=O) groups excluding carboxylic acids is 1. The summed E-state index contributed by atoms with van der Waals surface area (Å²) in [6, 6.07) is 0.703. The standard InChI is InChI=1S/C9H8ClF3N2O2/c10-6-3-5(9(11,12)13)4-15-8(6)17-2-1-7(14)16/h3-4H,1-2H2,(H2,14,16). The third-order valence-corrected chi connectivity index (χ3v) is 1.99. The SMILES string of the molecule is NC(=O)CCOc1ncc(C(F)(F)F)cc1Cl. The van der Waals surface area contributed by atoms with Crippen molar-refractivity contribution in [1.29, 1.82) is 0 Å². The lowest BCUT2D eigenvalue weighted by atomic mass is 10.3. The fraction of sp³-hybridized carbons (Fsp3) is 0.333. The molecule has 0 bridgehead atoms. The molecule has 94 valence electrons. The predicted octanol–water partition coefficient (Wildman–Crippen LogP) is 2.01. The van der Waals surface area contributed by atoms with Crippen LogP contribution in [-0.4, -0.2) is 17.5 Å². The molecule has 0 aliphatic carbocycles. The number of ether oxygens (including phenoxy) is 1. The average molecular weight is 269 g/mol. The Kier molecular flexibility index (Phi) is 4.17. The van der Waals surface area contributed by atoms with Gasteiger partial charge in [-0.05, 0) is 6.07 Å². The van der Waals surface area contributed by atoms with Crippen LogP contribution in [0.25, 0.3) is 0 Å². The molecule has 1 aromatic rings. The van der Waals surface area contributed by atoms with Crippen molar-refractivity contribution < 1.29 is 22.7 Å². The summed E-state index contributed by atoms with van der Waals surface area (Å²) >= 11 is 5.55. The Morgan fingerprint density at radius 3 is 2.65 bits per heavy atom. The minimum atomic E-state index is -4.51. The number of primary amides is 1. The minimum absolute atomic E-state index is 0.0704. The summed E-state index contributed by atoms with van der Waals surface area (Å²) in [5.74, 6) is -0.756. The highest BCUT2D eigenvalue weighted by molar-refractivity contribution is 6.31. The van der Waals surface area contributed by atoms with Crippen LogP contribution >= 0.6 is 11.6 Å². The van der Waals surface area contributed by atoms with Gasteiger partial charge in [-0.1, -0.05) is 11.6 Å². The van der Waals surface area contributed by atoms with Crippen molar-refractivity contribution in [3.05, 3.63) is 22.8 Å². The van der Waals surface area contributed by atoms with Gasteiger partial charge in [0, 0.05) is 6.20 Å². The molecule has 0 saturated carbocycles. The van der Waals surface area contributed by atoms with E-state index in [1.807, 2.05) is 0 Å².